The number of benzene rings is 2. The van der Waals surface area contributed by atoms with Crippen LogP contribution in [-0.2, 0) is 0 Å². The van der Waals surface area contributed by atoms with Crippen molar-refractivity contribution < 1.29 is 9.53 Å². The predicted molar refractivity (Wildman–Crippen MR) is 118 cm³/mol. The molecule has 2 aromatic heterocycles. The van der Waals surface area contributed by atoms with E-state index in [1.807, 2.05) is 48.2 Å². The van der Waals surface area contributed by atoms with Gasteiger partial charge in [-0.3, -0.25) is 9.78 Å². The van der Waals surface area contributed by atoms with Crippen molar-refractivity contribution in [2.24, 2.45) is 0 Å². The first kappa shape index (κ1) is 18.7. The van der Waals surface area contributed by atoms with Crippen LogP contribution in [0.2, 0.25) is 0 Å². The second-order valence-corrected chi connectivity index (χ2v) is 8.06. The van der Waals surface area contributed by atoms with E-state index < -0.39 is 0 Å². The van der Waals surface area contributed by atoms with Crippen LogP contribution in [0.5, 0.6) is 5.75 Å². The first-order valence-electron chi connectivity index (χ1n) is 10.0. The Morgan fingerprint density at radius 2 is 1.83 bits per heavy atom. The van der Waals surface area contributed by atoms with Gasteiger partial charge >= 0.3 is 0 Å². The fraction of sp³-hybridized carbons (Fsp3) is 0.273. The van der Waals surface area contributed by atoms with Crippen molar-refractivity contribution >= 4 is 43.6 Å². The van der Waals surface area contributed by atoms with Crippen LogP contribution in [0.15, 0.2) is 48.7 Å². The summed E-state index contributed by atoms with van der Waals surface area (Å²) in [5.41, 5.74) is 2.83. The number of thiazole rings is 1. The van der Waals surface area contributed by atoms with Gasteiger partial charge in [0.05, 0.1) is 28.5 Å². The Hall–Kier alpha value is -3.26. The first-order chi connectivity index (χ1) is 14.7. The van der Waals surface area contributed by atoms with E-state index in [4.69, 9.17) is 9.72 Å². The summed E-state index contributed by atoms with van der Waals surface area (Å²) in [5.74, 6) is 0.747. The lowest BCUT2D eigenvalue weighted by Crippen LogP contribution is -2.49. The molecule has 152 valence electrons. The third-order valence-corrected chi connectivity index (χ3v) is 6.26. The van der Waals surface area contributed by atoms with E-state index >= 15 is 0 Å². The normalized spacial score (nSPS) is 14.4. The Balaban J connectivity index is 1.30. The van der Waals surface area contributed by atoms with Gasteiger partial charge in [0.1, 0.15) is 17.0 Å². The Morgan fingerprint density at radius 3 is 2.63 bits per heavy atom. The number of carbonyl (C=O) groups is 1. The molecule has 0 aliphatic carbocycles. The lowest BCUT2D eigenvalue weighted by Gasteiger charge is -2.34. The lowest BCUT2D eigenvalue weighted by molar-refractivity contribution is 0.0741. The van der Waals surface area contributed by atoms with E-state index in [2.05, 4.69) is 20.9 Å². The molecule has 5 rings (SSSR count). The molecule has 0 spiro atoms. The van der Waals surface area contributed by atoms with Gasteiger partial charge in [0.15, 0.2) is 5.13 Å². The maximum atomic E-state index is 12.9. The quantitative estimate of drug-likeness (QED) is 0.503. The van der Waals surface area contributed by atoms with Gasteiger partial charge in [0, 0.05) is 26.2 Å². The molecule has 0 atom stereocenters. The van der Waals surface area contributed by atoms with Crippen LogP contribution in [0.3, 0.4) is 0 Å². The third-order valence-electron chi connectivity index (χ3n) is 5.18. The number of aromatic nitrogens is 3. The van der Waals surface area contributed by atoms with Crippen molar-refractivity contribution in [3.63, 3.8) is 0 Å². The fourth-order valence-corrected chi connectivity index (χ4v) is 4.68. The third kappa shape index (κ3) is 3.43. The zero-order valence-corrected chi connectivity index (χ0v) is 17.4. The minimum Gasteiger partial charge on any atom is -0.492 e. The number of carbonyl (C=O) groups excluding carboxylic acids is 1. The second kappa shape index (κ2) is 7.87. The smallest absolute Gasteiger partial charge is 0.274 e. The van der Waals surface area contributed by atoms with Crippen molar-refractivity contribution in [3.8, 4) is 5.75 Å². The Morgan fingerprint density at radius 1 is 1.03 bits per heavy atom. The molecule has 0 bridgehead atoms. The Labute approximate surface area is 177 Å². The van der Waals surface area contributed by atoms with E-state index in [0.717, 1.165) is 45.2 Å². The molecule has 1 saturated heterocycles. The topological polar surface area (TPSA) is 71.5 Å². The van der Waals surface area contributed by atoms with Crippen molar-refractivity contribution in [1.29, 1.82) is 0 Å². The molecule has 1 aliphatic heterocycles. The van der Waals surface area contributed by atoms with Crippen LogP contribution in [0, 0.1) is 0 Å². The van der Waals surface area contributed by atoms with Crippen LogP contribution in [0.25, 0.3) is 21.3 Å². The maximum Gasteiger partial charge on any atom is 0.274 e. The average Bonchev–Trinajstić information content (AvgIpc) is 3.24. The van der Waals surface area contributed by atoms with Crippen LogP contribution in [-0.4, -0.2) is 58.5 Å². The highest BCUT2D eigenvalue weighted by Crippen LogP contribution is 2.34. The van der Waals surface area contributed by atoms with E-state index in [1.54, 1.807) is 17.5 Å². The molecule has 1 amide bonds. The van der Waals surface area contributed by atoms with E-state index in [0.29, 0.717) is 25.4 Å². The van der Waals surface area contributed by atoms with Crippen LogP contribution < -0.4 is 9.64 Å². The van der Waals surface area contributed by atoms with Gasteiger partial charge in [0.25, 0.3) is 5.91 Å². The van der Waals surface area contributed by atoms with Crippen molar-refractivity contribution in [2.45, 2.75) is 6.92 Å². The summed E-state index contributed by atoms with van der Waals surface area (Å²) in [6.45, 7) is 5.31. The average molecular weight is 420 g/mol. The summed E-state index contributed by atoms with van der Waals surface area (Å²) in [6, 6.07) is 13.6. The SMILES string of the molecule is CCOc1cccc2sc(N3CCN(C(=O)c4cnc5ccccc5n4)CC3)nc12. The monoisotopic (exact) mass is 419 g/mol. The Bertz CT molecular complexity index is 1220. The van der Waals surface area contributed by atoms with Gasteiger partial charge in [-0.2, -0.15) is 0 Å². The van der Waals surface area contributed by atoms with Gasteiger partial charge in [0.2, 0.25) is 0 Å². The molecular weight excluding hydrogens is 398 g/mol. The summed E-state index contributed by atoms with van der Waals surface area (Å²) in [6.07, 6.45) is 1.57. The highest BCUT2D eigenvalue weighted by atomic mass is 32.1. The van der Waals surface area contributed by atoms with Crippen molar-refractivity contribution in [3.05, 3.63) is 54.4 Å². The second-order valence-electron chi connectivity index (χ2n) is 7.06. The number of hydrogen-bond donors (Lipinski definition) is 0. The molecule has 0 unspecified atom stereocenters. The molecule has 7 nitrogen and oxygen atoms in total. The number of para-hydroxylation sites is 3. The highest BCUT2D eigenvalue weighted by molar-refractivity contribution is 7.22. The summed E-state index contributed by atoms with van der Waals surface area (Å²) in [5, 5.41) is 0.967. The number of amides is 1. The minimum atomic E-state index is -0.0733. The largest absolute Gasteiger partial charge is 0.492 e. The molecule has 8 heteroatoms. The predicted octanol–water partition coefficient (Wildman–Crippen LogP) is 3.60. The standard InChI is InChI=1S/C22H21N5O2S/c1-2-29-18-8-5-9-19-20(18)25-22(30-19)27-12-10-26(11-13-27)21(28)17-14-23-15-6-3-4-7-16(15)24-17/h3-9,14H,2,10-13H2,1H3. The summed E-state index contributed by atoms with van der Waals surface area (Å²) in [4.78, 5) is 30.7. The molecule has 4 aromatic rings. The molecule has 0 radical (unpaired) electrons. The number of rotatable bonds is 4. The number of fused-ring (bicyclic) bond motifs is 2. The van der Waals surface area contributed by atoms with Crippen LogP contribution in [0.1, 0.15) is 17.4 Å². The number of nitrogens with zero attached hydrogens (tertiary/aromatic N) is 5. The molecule has 0 saturated carbocycles. The number of piperazine rings is 1. The molecule has 2 aromatic carbocycles. The molecule has 3 heterocycles. The van der Waals surface area contributed by atoms with E-state index in [1.165, 1.54) is 0 Å². The molecule has 1 aliphatic rings. The minimum absolute atomic E-state index is 0.0733. The zero-order valence-electron chi connectivity index (χ0n) is 16.6. The van der Waals surface area contributed by atoms with Gasteiger partial charge in [-0.25, -0.2) is 9.97 Å². The molecule has 30 heavy (non-hydrogen) atoms. The van der Waals surface area contributed by atoms with Gasteiger partial charge < -0.3 is 14.5 Å². The fourth-order valence-electron chi connectivity index (χ4n) is 3.64. The van der Waals surface area contributed by atoms with Gasteiger partial charge in [-0.1, -0.05) is 29.5 Å². The lowest BCUT2D eigenvalue weighted by atomic mass is 10.2. The number of anilines is 1. The van der Waals surface area contributed by atoms with E-state index in [9.17, 15) is 4.79 Å². The number of ether oxygens (including phenoxy) is 1. The van der Waals surface area contributed by atoms with Gasteiger partial charge in [-0.05, 0) is 31.2 Å². The van der Waals surface area contributed by atoms with Crippen molar-refractivity contribution in [1.82, 2.24) is 19.9 Å². The van der Waals surface area contributed by atoms with Crippen LogP contribution >= 0.6 is 11.3 Å². The maximum absolute atomic E-state index is 12.9. The summed E-state index contributed by atoms with van der Waals surface area (Å²) in [7, 11) is 0. The zero-order chi connectivity index (χ0) is 20.5. The van der Waals surface area contributed by atoms with Gasteiger partial charge in [-0.15, -0.1) is 0 Å². The Kier molecular flexibility index (Phi) is 4.92. The first-order valence-corrected chi connectivity index (χ1v) is 10.8. The van der Waals surface area contributed by atoms with Crippen LogP contribution in [0.4, 0.5) is 5.13 Å². The molecular formula is C22H21N5O2S. The summed E-state index contributed by atoms with van der Waals surface area (Å²) >= 11 is 1.66. The molecule has 1 fully saturated rings. The van der Waals surface area contributed by atoms with E-state index in [-0.39, 0.29) is 5.91 Å². The molecule has 0 N–H and O–H groups in total. The summed E-state index contributed by atoms with van der Waals surface area (Å²) < 4.78 is 6.82. The number of hydrogen-bond acceptors (Lipinski definition) is 7. The van der Waals surface area contributed by atoms with Crippen molar-refractivity contribution in [2.75, 3.05) is 37.7 Å². The highest BCUT2D eigenvalue weighted by Gasteiger charge is 2.25.